The molecule has 0 aliphatic heterocycles. The van der Waals surface area contributed by atoms with Crippen molar-refractivity contribution >= 4 is 17.5 Å². The number of alkyl halides is 2. The molecular weight excluding hydrogens is 310 g/mol. The molecule has 6 nitrogen and oxygen atoms in total. The number of benzene rings is 1. The molecule has 0 unspecified atom stereocenters. The van der Waals surface area contributed by atoms with Crippen LogP contribution in [0.15, 0.2) is 18.2 Å². The summed E-state index contributed by atoms with van der Waals surface area (Å²) in [5, 5.41) is 4.96. The van der Waals surface area contributed by atoms with E-state index in [-0.39, 0.29) is 29.6 Å². The van der Waals surface area contributed by atoms with Crippen LogP contribution >= 0.6 is 0 Å². The summed E-state index contributed by atoms with van der Waals surface area (Å²) in [6.45, 7) is 1.92. The highest BCUT2D eigenvalue weighted by molar-refractivity contribution is 5.95. The maximum absolute atomic E-state index is 12.3. The monoisotopic (exact) mass is 330 g/mol. The molecule has 128 valence electrons. The normalized spacial score (nSPS) is 11.1. The van der Waals surface area contributed by atoms with Crippen molar-refractivity contribution in [1.82, 2.24) is 5.32 Å². The summed E-state index contributed by atoms with van der Waals surface area (Å²) in [4.78, 5) is 23.5. The van der Waals surface area contributed by atoms with E-state index in [1.807, 2.05) is 0 Å². The molecule has 23 heavy (non-hydrogen) atoms. The number of nitrogens with one attached hydrogen (secondary N) is 2. The smallest absolute Gasteiger partial charge is 0.387 e. The summed E-state index contributed by atoms with van der Waals surface area (Å²) >= 11 is 0. The minimum atomic E-state index is -3.01. The lowest BCUT2D eigenvalue weighted by atomic mass is 9.96. The molecular formula is C15H20F2N2O4. The van der Waals surface area contributed by atoms with Crippen LogP contribution in [0.5, 0.6) is 11.5 Å². The van der Waals surface area contributed by atoms with Gasteiger partial charge in [-0.3, -0.25) is 9.59 Å². The molecule has 0 saturated heterocycles. The van der Waals surface area contributed by atoms with Crippen LogP contribution in [-0.2, 0) is 9.59 Å². The van der Waals surface area contributed by atoms with Gasteiger partial charge in [0, 0.05) is 17.2 Å². The third kappa shape index (κ3) is 6.09. The van der Waals surface area contributed by atoms with Crippen LogP contribution in [0.2, 0.25) is 0 Å². The molecule has 0 aliphatic carbocycles. The second-order valence-corrected chi connectivity index (χ2v) is 5.72. The minimum Gasteiger partial charge on any atom is -0.493 e. The van der Waals surface area contributed by atoms with Crippen molar-refractivity contribution in [3.8, 4) is 11.5 Å². The standard InChI is InChI=1S/C15H20F2N2O4/c1-15(2,3)13(21)18-8-12(20)19-9-5-6-10(22-4)11(7-9)23-14(16)17/h5-7,14H,8H2,1-4H3,(H,18,21)(H,19,20). The van der Waals surface area contributed by atoms with Gasteiger partial charge in [0.05, 0.1) is 13.7 Å². The summed E-state index contributed by atoms with van der Waals surface area (Å²) in [7, 11) is 1.31. The highest BCUT2D eigenvalue weighted by Gasteiger charge is 2.21. The molecule has 2 amide bonds. The molecule has 2 N–H and O–H groups in total. The summed E-state index contributed by atoms with van der Waals surface area (Å²) in [5.41, 5.74) is -0.366. The molecule has 0 bridgehead atoms. The van der Waals surface area contributed by atoms with E-state index in [1.165, 1.54) is 25.3 Å². The molecule has 0 spiro atoms. The Bertz CT molecular complexity index is 571. The largest absolute Gasteiger partial charge is 0.493 e. The van der Waals surface area contributed by atoms with Crippen LogP contribution in [-0.4, -0.2) is 32.1 Å². The number of hydrogen-bond acceptors (Lipinski definition) is 4. The second-order valence-electron chi connectivity index (χ2n) is 5.72. The number of anilines is 1. The van der Waals surface area contributed by atoms with Gasteiger partial charge in [-0.1, -0.05) is 20.8 Å². The molecule has 1 aromatic rings. The molecule has 0 heterocycles. The van der Waals surface area contributed by atoms with Crippen LogP contribution in [0.4, 0.5) is 14.5 Å². The fraction of sp³-hybridized carbons (Fsp3) is 0.467. The first-order valence-electron chi connectivity index (χ1n) is 6.84. The number of ether oxygens (including phenoxy) is 2. The number of amides is 2. The maximum atomic E-state index is 12.3. The van der Waals surface area contributed by atoms with Crippen molar-refractivity contribution < 1.29 is 27.8 Å². The van der Waals surface area contributed by atoms with E-state index in [0.29, 0.717) is 0 Å². The van der Waals surface area contributed by atoms with Gasteiger partial charge in [-0.15, -0.1) is 0 Å². The Labute approximate surface area is 133 Å². The molecule has 0 atom stereocenters. The lowest BCUT2D eigenvalue weighted by molar-refractivity contribution is -0.130. The Morgan fingerprint density at radius 2 is 1.87 bits per heavy atom. The highest BCUT2D eigenvalue weighted by Crippen LogP contribution is 2.31. The number of carbonyl (C=O) groups excluding carboxylic acids is 2. The average Bonchev–Trinajstić information content (AvgIpc) is 2.43. The zero-order valence-electron chi connectivity index (χ0n) is 13.4. The van der Waals surface area contributed by atoms with Gasteiger partial charge in [0.2, 0.25) is 11.8 Å². The van der Waals surface area contributed by atoms with E-state index >= 15 is 0 Å². The Balaban J connectivity index is 2.69. The quantitative estimate of drug-likeness (QED) is 0.840. The molecule has 0 aliphatic rings. The van der Waals surface area contributed by atoms with Gasteiger partial charge >= 0.3 is 6.61 Å². The SMILES string of the molecule is COc1ccc(NC(=O)CNC(=O)C(C)(C)C)cc1OC(F)F. The topological polar surface area (TPSA) is 76.7 Å². The lowest BCUT2D eigenvalue weighted by Gasteiger charge is -2.17. The summed E-state index contributed by atoms with van der Waals surface area (Å²) in [6, 6.07) is 4.08. The average molecular weight is 330 g/mol. The number of methoxy groups -OCH3 is 1. The van der Waals surface area contributed by atoms with Crippen LogP contribution in [0.25, 0.3) is 0 Å². The van der Waals surface area contributed by atoms with Crippen molar-refractivity contribution in [2.75, 3.05) is 19.0 Å². The summed E-state index contributed by atoms with van der Waals surface area (Å²) in [6.07, 6.45) is 0. The van der Waals surface area contributed by atoms with Gasteiger partial charge in [-0.05, 0) is 12.1 Å². The Morgan fingerprint density at radius 3 is 2.39 bits per heavy atom. The second kappa shape index (κ2) is 7.75. The van der Waals surface area contributed by atoms with Gasteiger partial charge in [0.1, 0.15) is 0 Å². The number of rotatable bonds is 6. The van der Waals surface area contributed by atoms with Crippen LogP contribution in [0, 0.1) is 5.41 Å². The summed E-state index contributed by atoms with van der Waals surface area (Å²) < 4.78 is 33.9. The van der Waals surface area contributed by atoms with Gasteiger partial charge < -0.3 is 20.1 Å². The zero-order chi connectivity index (χ0) is 17.6. The highest BCUT2D eigenvalue weighted by atomic mass is 19.3. The van der Waals surface area contributed by atoms with Crippen molar-refractivity contribution in [2.45, 2.75) is 27.4 Å². The third-order valence-electron chi connectivity index (χ3n) is 2.75. The first-order valence-corrected chi connectivity index (χ1v) is 6.84. The van der Waals surface area contributed by atoms with Crippen molar-refractivity contribution in [2.24, 2.45) is 5.41 Å². The predicted octanol–water partition coefficient (Wildman–Crippen LogP) is 2.40. The molecule has 0 fully saturated rings. The van der Waals surface area contributed by atoms with E-state index in [9.17, 15) is 18.4 Å². The third-order valence-corrected chi connectivity index (χ3v) is 2.75. The molecule has 0 radical (unpaired) electrons. The van der Waals surface area contributed by atoms with E-state index in [4.69, 9.17) is 4.74 Å². The van der Waals surface area contributed by atoms with E-state index < -0.39 is 17.9 Å². The fourth-order valence-electron chi connectivity index (χ4n) is 1.57. The van der Waals surface area contributed by atoms with E-state index in [0.717, 1.165) is 0 Å². The minimum absolute atomic E-state index is 0.115. The maximum Gasteiger partial charge on any atom is 0.387 e. The van der Waals surface area contributed by atoms with Gasteiger partial charge in [0.25, 0.3) is 0 Å². The number of halogens is 2. The van der Waals surface area contributed by atoms with E-state index in [2.05, 4.69) is 15.4 Å². The van der Waals surface area contributed by atoms with Crippen molar-refractivity contribution in [3.63, 3.8) is 0 Å². The predicted molar refractivity (Wildman–Crippen MR) is 80.7 cm³/mol. The number of carbonyl (C=O) groups is 2. The molecule has 0 saturated carbocycles. The molecule has 1 aromatic carbocycles. The summed E-state index contributed by atoms with van der Waals surface area (Å²) in [5.74, 6) is -0.844. The Morgan fingerprint density at radius 1 is 1.22 bits per heavy atom. The van der Waals surface area contributed by atoms with Crippen LogP contribution < -0.4 is 20.1 Å². The Hall–Kier alpha value is -2.38. The van der Waals surface area contributed by atoms with Crippen LogP contribution in [0.1, 0.15) is 20.8 Å². The zero-order valence-corrected chi connectivity index (χ0v) is 13.4. The van der Waals surface area contributed by atoms with Crippen LogP contribution in [0.3, 0.4) is 0 Å². The fourth-order valence-corrected chi connectivity index (χ4v) is 1.57. The van der Waals surface area contributed by atoms with Crippen molar-refractivity contribution in [3.05, 3.63) is 18.2 Å². The first-order chi connectivity index (χ1) is 10.6. The van der Waals surface area contributed by atoms with Gasteiger partial charge in [-0.25, -0.2) is 0 Å². The molecule has 8 heteroatoms. The molecule has 0 aromatic heterocycles. The lowest BCUT2D eigenvalue weighted by Crippen LogP contribution is -2.39. The molecule has 1 rings (SSSR count). The van der Waals surface area contributed by atoms with Gasteiger partial charge in [-0.2, -0.15) is 8.78 Å². The first kappa shape index (κ1) is 18.7. The van der Waals surface area contributed by atoms with Crippen molar-refractivity contribution in [1.29, 1.82) is 0 Å². The Kier molecular flexibility index (Phi) is 6.29. The van der Waals surface area contributed by atoms with Gasteiger partial charge in [0.15, 0.2) is 11.5 Å². The van der Waals surface area contributed by atoms with E-state index in [1.54, 1.807) is 20.8 Å². The number of hydrogen-bond donors (Lipinski definition) is 2.